The summed E-state index contributed by atoms with van der Waals surface area (Å²) in [6, 6.07) is 12.8. The lowest BCUT2D eigenvalue weighted by molar-refractivity contribution is -0.140. The molecule has 0 unspecified atom stereocenters. The zero-order chi connectivity index (χ0) is 25.8. The molecule has 188 valence electrons. The van der Waals surface area contributed by atoms with Crippen molar-refractivity contribution < 1.29 is 23.9 Å². The molecule has 4 rings (SSSR count). The molecule has 9 heteroatoms. The number of halogens is 1. The summed E-state index contributed by atoms with van der Waals surface area (Å²) in [4.78, 5) is 51.4. The van der Waals surface area contributed by atoms with Crippen LogP contribution >= 0.6 is 11.6 Å². The molecule has 1 aliphatic heterocycles. The van der Waals surface area contributed by atoms with Crippen molar-refractivity contribution in [3.05, 3.63) is 70.4 Å². The molecule has 1 heterocycles. The number of rotatable bonds is 7. The first-order valence-corrected chi connectivity index (χ1v) is 12.4. The molecule has 2 aromatic carbocycles. The van der Waals surface area contributed by atoms with Crippen LogP contribution in [0.15, 0.2) is 59.3 Å². The van der Waals surface area contributed by atoms with Crippen LogP contribution < -0.4 is 10.6 Å². The smallest absolute Gasteiger partial charge is 0.338 e. The van der Waals surface area contributed by atoms with E-state index in [1.54, 1.807) is 62.4 Å². The van der Waals surface area contributed by atoms with E-state index in [0.717, 1.165) is 32.1 Å². The van der Waals surface area contributed by atoms with Crippen molar-refractivity contribution >= 4 is 46.7 Å². The second kappa shape index (κ2) is 11.0. The van der Waals surface area contributed by atoms with Crippen LogP contribution in [0.2, 0.25) is 0 Å². The Labute approximate surface area is 214 Å². The Kier molecular flexibility index (Phi) is 7.74. The molecule has 1 saturated carbocycles. The lowest BCUT2D eigenvalue weighted by Crippen LogP contribution is -2.42. The van der Waals surface area contributed by atoms with Crippen molar-refractivity contribution in [1.82, 2.24) is 4.90 Å². The summed E-state index contributed by atoms with van der Waals surface area (Å²) in [7, 11) is 0. The molecule has 8 nitrogen and oxygen atoms in total. The van der Waals surface area contributed by atoms with Gasteiger partial charge in [-0.25, -0.2) is 4.79 Å². The van der Waals surface area contributed by atoms with Crippen LogP contribution in [0.3, 0.4) is 0 Å². The van der Waals surface area contributed by atoms with Crippen LogP contribution in [0.1, 0.15) is 66.7 Å². The number of imide groups is 1. The summed E-state index contributed by atoms with van der Waals surface area (Å²) in [6.45, 7) is 3.55. The van der Waals surface area contributed by atoms with E-state index in [1.165, 1.54) is 4.90 Å². The van der Waals surface area contributed by atoms with Crippen molar-refractivity contribution in [1.29, 1.82) is 0 Å². The zero-order valence-electron chi connectivity index (χ0n) is 20.2. The van der Waals surface area contributed by atoms with Crippen molar-refractivity contribution in [2.45, 2.75) is 58.1 Å². The fourth-order valence-electron chi connectivity index (χ4n) is 4.32. The summed E-state index contributed by atoms with van der Waals surface area (Å²) in [5, 5.41) is 5.60. The average Bonchev–Trinajstić information content (AvgIpc) is 3.08. The third-order valence-electron chi connectivity index (χ3n) is 6.14. The predicted octanol–water partition coefficient (Wildman–Crippen LogP) is 5.07. The molecule has 0 saturated heterocycles. The van der Waals surface area contributed by atoms with Gasteiger partial charge in [0, 0.05) is 23.0 Å². The summed E-state index contributed by atoms with van der Waals surface area (Å²) in [6.07, 6.45) is 4.45. The van der Waals surface area contributed by atoms with Crippen molar-refractivity contribution in [2.24, 2.45) is 0 Å². The van der Waals surface area contributed by atoms with E-state index < -0.39 is 17.8 Å². The third-order valence-corrected chi connectivity index (χ3v) is 6.49. The average molecular weight is 510 g/mol. The van der Waals surface area contributed by atoms with Gasteiger partial charge >= 0.3 is 5.97 Å². The summed E-state index contributed by atoms with van der Waals surface area (Å²) in [5.41, 5.74) is 1.90. The highest BCUT2D eigenvalue weighted by atomic mass is 35.5. The molecule has 0 spiro atoms. The van der Waals surface area contributed by atoms with E-state index in [-0.39, 0.29) is 28.8 Å². The SMILES string of the molecule is CC(C)OC(=O)c1ccc(NC(=O)c2ccc(NC3=C(Cl)C(=O)N(C4CCCCC4)C3=O)cc2)cc1. The van der Waals surface area contributed by atoms with Crippen molar-refractivity contribution in [3.8, 4) is 0 Å². The van der Waals surface area contributed by atoms with Gasteiger partial charge in [-0.3, -0.25) is 19.3 Å². The Morgan fingerprint density at radius 1 is 0.889 bits per heavy atom. The molecule has 36 heavy (non-hydrogen) atoms. The number of anilines is 2. The van der Waals surface area contributed by atoms with Crippen LogP contribution in [-0.4, -0.2) is 40.7 Å². The predicted molar refractivity (Wildman–Crippen MR) is 137 cm³/mol. The Hall–Kier alpha value is -3.65. The molecular formula is C27H28ClN3O5. The number of ether oxygens (including phenoxy) is 1. The molecule has 1 aliphatic carbocycles. The maximum absolute atomic E-state index is 12.9. The molecule has 2 N–H and O–H groups in total. The van der Waals surface area contributed by atoms with Gasteiger partial charge < -0.3 is 15.4 Å². The summed E-state index contributed by atoms with van der Waals surface area (Å²) in [5.74, 6) is -1.65. The van der Waals surface area contributed by atoms with Gasteiger partial charge in [-0.15, -0.1) is 0 Å². The number of nitrogens with zero attached hydrogens (tertiary/aromatic N) is 1. The number of nitrogens with one attached hydrogen (secondary N) is 2. The standard InChI is InChI=1S/C27H28ClN3O5/c1-16(2)36-27(35)18-10-14-20(15-11-18)30-24(32)17-8-12-19(13-9-17)29-23-22(28)25(33)31(26(23)34)21-6-4-3-5-7-21/h8-16,21,29H,3-7H2,1-2H3,(H,30,32). The Morgan fingerprint density at radius 2 is 1.47 bits per heavy atom. The van der Waals surface area contributed by atoms with E-state index in [2.05, 4.69) is 10.6 Å². The van der Waals surface area contributed by atoms with Gasteiger partial charge in [0.25, 0.3) is 17.7 Å². The fourth-order valence-corrected chi connectivity index (χ4v) is 4.54. The largest absolute Gasteiger partial charge is 0.459 e. The maximum Gasteiger partial charge on any atom is 0.338 e. The first kappa shape index (κ1) is 25.4. The fraction of sp³-hybridized carbons (Fsp3) is 0.333. The minimum atomic E-state index is -0.462. The van der Waals surface area contributed by atoms with Crippen LogP contribution in [0.5, 0.6) is 0 Å². The molecule has 3 amide bonds. The topological polar surface area (TPSA) is 105 Å². The second-order valence-electron chi connectivity index (χ2n) is 9.15. The van der Waals surface area contributed by atoms with Crippen molar-refractivity contribution in [3.63, 3.8) is 0 Å². The van der Waals surface area contributed by atoms with Gasteiger partial charge in [-0.05, 0) is 75.2 Å². The first-order chi connectivity index (χ1) is 17.2. The summed E-state index contributed by atoms with van der Waals surface area (Å²) < 4.78 is 5.15. The molecular weight excluding hydrogens is 482 g/mol. The zero-order valence-corrected chi connectivity index (χ0v) is 20.9. The molecule has 0 aromatic heterocycles. The van der Waals surface area contributed by atoms with Gasteiger partial charge in [0.15, 0.2) is 0 Å². The lowest BCUT2D eigenvalue weighted by Gasteiger charge is -2.29. The Bertz CT molecular complexity index is 1200. The maximum atomic E-state index is 12.9. The number of amides is 3. The highest BCUT2D eigenvalue weighted by Gasteiger charge is 2.42. The number of carbonyl (C=O) groups excluding carboxylic acids is 4. The van der Waals surface area contributed by atoms with E-state index in [4.69, 9.17) is 16.3 Å². The minimum absolute atomic E-state index is 0.0560. The van der Waals surface area contributed by atoms with Crippen LogP contribution in [0.25, 0.3) is 0 Å². The molecule has 1 fully saturated rings. The molecule has 2 aromatic rings. The van der Waals surface area contributed by atoms with Gasteiger partial charge in [-0.2, -0.15) is 0 Å². The van der Waals surface area contributed by atoms with Gasteiger partial charge in [-0.1, -0.05) is 30.9 Å². The molecule has 0 bridgehead atoms. The third kappa shape index (κ3) is 5.60. The number of carbonyl (C=O) groups is 4. The number of esters is 1. The number of hydrogen-bond acceptors (Lipinski definition) is 6. The quantitative estimate of drug-likeness (QED) is 0.399. The first-order valence-electron chi connectivity index (χ1n) is 12.0. The Morgan fingerprint density at radius 3 is 2.08 bits per heavy atom. The summed E-state index contributed by atoms with van der Waals surface area (Å²) >= 11 is 6.23. The van der Waals surface area contributed by atoms with Crippen LogP contribution in [-0.2, 0) is 14.3 Å². The monoisotopic (exact) mass is 509 g/mol. The van der Waals surface area contributed by atoms with Gasteiger partial charge in [0.1, 0.15) is 10.7 Å². The number of benzene rings is 2. The molecule has 0 atom stereocenters. The van der Waals surface area contributed by atoms with Crippen LogP contribution in [0.4, 0.5) is 11.4 Å². The Balaban J connectivity index is 1.38. The minimum Gasteiger partial charge on any atom is -0.459 e. The van der Waals surface area contributed by atoms with Crippen molar-refractivity contribution in [2.75, 3.05) is 10.6 Å². The van der Waals surface area contributed by atoms with E-state index >= 15 is 0 Å². The van der Waals surface area contributed by atoms with Gasteiger partial charge in [0.05, 0.1) is 11.7 Å². The normalized spacial score (nSPS) is 16.5. The lowest BCUT2D eigenvalue weighted by atomic mass is 9.94. The van der Waals surface area contributed by atoms with Crippen LogP contribution in [0, 0.1) is 0 Å². The molecule has 0 radical (unpaired) electrons. The van der Waals surface area contributed by atoms with E-state index in [1.807, 2.05) is 0 Å². The number of hydrogen-bond donors (Lipinski definition) is 2. The highest BCUT2D eigenvalue weighted by Crippen LogP contribution is 2.32. The highest BCUT2D eigenvalue weighted by molar-refractivity contribution is 6.48. The van der Waals surface area contributed by atoms with Gasteiger partial charge in [0.2, 0.25) is 0 Å². The molecule has 2 aliphatic rings. The van der Waals surface area contributed by atoms with E-state index in [0.29, 0.717) is 22.5 Å². The van der Waals surface area contributed by atoms with E-state index in [9.17, 15) is 19.2 Å². The second-order valence-corrected chi connectivity index (χ2v) is 9.53.